The van der Waals surface area contributed by atoms with Gasteiger partial charge in [-0.15, -0.1) is 0 Å². The number of hydrogen-bond acceptors (Lipinski definition) is 4. The summed E-state index contributed by atoms with van der Waals surface area (Å²) in [6, 6.07) is 15.2. The van der Waals surface area contributed by atoms with Crippen LogP contribution in [0.3, 0.4) is 0 Å². The molecule has 3 aliphatic rings. The van der Waals surface area contributed by atoms with Gasteiger partial charge in [-0.3, -0.25) is 0 Å². The summed E-state index contributed by atoms with van der Waals surface area (Å²) in [4.78, 5) is 4.49. The molecule has 5 rings (SSSR count). The molecule has 0 bridgehead atoms. The fourth-order valence-corrected chi connectivity index (χ4v) is 7.70. The summed E-state index contributed by atoms with van der Waals surface area (Å²) >= 11 is 6.34. The van der Waals surface area contributed by atoms with Crippen LogP contribution in [0.1, 0.15) is 11.1 Å². The molecule has 1 unspecified atom stereocenters. The molecule has 3 aliphatic heterocycles. The number of anilines is 2. The largest absolute Gasteiger partial charge is 0.379 e. The Kier molecular flexibility index (Phi) is 4.13. The van der Waals surface area contributed by atoms with E-state index < -0.39 is 6.34 Å². The highest BCUT2D eigenvalue weighted by molar-refractivity contribution is 8.16. The zero-order valence-corrected chi connectivity index (χ0v) is 17.3. The summed E-state index contributed by atoms with van der Waals surface area (Å²) < 4.78 is 13.3. The average molecular weight is 398 g/mol. The van der Waals surface area contributed by atoms with Gasteiger partial charge in [0, 0.05) is 43.7 Å². The molecule has 1 fully saturated rings. The Morgan fingerprint density at radius 2 is 1.89 bits per heavy atom. The van der Waals surface area contributed by atoms with E-state index in [0.717, 1.165) is 38.7 Å². The fraction of sp³-hybridized carbons (Fsp3) is 0.350. The van der Waals surface area contributed by atoms with Crippen LogP contribution < -0.4 is 15.1 Å². The van der Waals surface area contributed by atoms with Crippen LogP contribution in [-0.2, 0) is 23.1 Å². The van der Waals surface area contributed by atoms with Crippen molar-refractivity contribution in [1.82, 2.24) is 4.67 Å². The van der Waals surface area contributed by atoms with E-state index in [1.807, 2.05) is 0 Å². The van der Waals surface area contributed by atoms with E-state index in [0.29, 0.717) is 0 Å². The molecule has 3 heterocycles. The molecule has 27 heavy (non-hydrogen) atoms. The van der Waals surface area contributed by atoms with Gasteiger partial charge >= 0.3 is 0 Å². The molecule has 0 amide bonds. The van der Waals surface area contributed by atoms with Crippen molar-refractivity contribution in [3.63, 3.8) is 0 Å². The van der Waals surface area contributed by atoms with Gasteiger partial charge in [-0.2, -0.15) is 0 Å². The highest BCUT2D eigenvalue weighted by atomic mass is 32.4. The van der Waals surface area contributed by atoms with Gasteiger partial charge in [0.15, 0.2) is 6.34 Å². The molecule has 5 nitrogen and oxygen atoms in total. The van der Waals surface area contributed by atoms with Crippen LogP contribution in [0, 0.1) is 0 Å². The lowest BCUT2D eigenvalue weighted by Crippen LogP contribution is -2.41. The number of ether oxygens (including phenoxy) is 1. The second-order valence-corrected chi connectivity index (χ2v) is 11.2. The van der Waals surface area contributed by atoms with Crippen LogP contribution in [0.5, 0.6) is 0 Å². The Hall–Kier alpha value is -1.72. The molecule has 0 N–H and O–H groups in total. The van der Waals surface area contributed by atoms with Gasteiger partial charge in [-0.25, -0.2) is 9.43 Å². The van der Waals surface area contributed by atoms with Crippen LogP contribution in [0.25, 0.3) is 0 Å². The number of fused-ring (bicyclic) bond motifs is 5. The number of nitrogens with zero attached hydrogens (tertiary/aromatic N) is 4. The second-order valence-electron chi connectivity index (χ2n) is 7.34. The minimum atomic E-state index is -2.24. The SMILES string of the molecule is CN(C)c1ccc2c(c1)N1Cc3ccccc3C1=NP2(=S)N1CCOCC1. The monoisotopic (exact) mass is 398 g/mol. The Morgan fingerprint density at radius 3 is 2.67 bits per heavy atom. The smallest absolute Gasteiger partial charge is 0.153 e. The van der Waals surface area contributed by atoms with Crippen molar-refractivity contribution in [3.05, 3.63) is 53.6 Å². The molecule has 1 atom stereocenters. The summed E-state index contributed by atoms with van der Waals surface area (Å²) in [6.07, 6.45) is -2.24. The maximum Gasteiger partial charge on any atom is 0.153 e. The Bertz CT molecular complexity index is 984. The molecular weight excluding hydrogens is 375 g/mol. The molecule has 0 aromatic heterocycles. The Balaban J connectivity index is 1.72. The van der Waals surface area contributed by atoms with Crippen molar-refractivity contribution >= 4 is 40.7 Å². The van der Waals surface area contributed by atoms with Crippen molar-refractivity contribution in [3.8, 4) is 0 Å². The van der Waals surface area contributed by atoms with Crippen molar-refractivity contribution in [2.75, 3.05) is 50.2 Å². The summed E-state index contributed by atoms with van der Waals surface area (Å²) in [5.74, 6) is 1.05. The van der Waals surface area contributed by atoms with Crippen LogP contribution in [0.4, 0.5) is 11.4 Å². The lowest BCUT2D eigenvalue weighted by Gasteiger charge is -2.40. The topological polar surface area (TPSA) is 31.3 Å². The van der Waals surface area contributed by atoms with Crippen molar-refractivity contribution in [2.24, 2.45) is 4.76 Å². The maximum atomic E-state index is 6.34. The quantitative estimate of drug-likeness (QED) is 0.727. The molecule has 2 aromatic carbocycles. The van der Waals surface area contributed by atoms with Gasteiger partial charge < -0.3 is 14.5 Å². The highest BCUT2D eigenvalue weighted by Gasteiger charge is 2.40. The fourth-order valence-electron chi connectivity index (χ4n) is 4.05. The highest BCUT2D eigenvalue weighted by Crippen LogP contribution is 2.57. The summed E-state index contributed by atoms with van der Waals surface area (Å²) in [6.45, 7) is 4.02. The first-order valence-electron chi connectivity index (χ1n) is 9.29. The normalized spacial score (nSPS) is 24.1. The van der Waals surface area contributed by atoms with Crippen LogP contribution in [-0.4, -0.2) is 50.9 Å². The standard InChI is InChI=1S/C20H23N4OPS/c1-22(2)16-7-8-19-18(13-16)24-14-15-5-3-4-6-17(15)20(24)21-26(19,27)23-9-11-25-12-10-23/h3-8,13H,9-12,14H2,1-2H3. The van der Waals surface area contributed by atoms with E-state index in [2.05, 4.69) is 71.0 Å². The first kappa shape index (κ1) is 17.4. The van der Waals surface area contributed by atoms with E-state index in [1.165, 1.54) is 27.8 Å². The lowest BCUT2D eigenvalue weighted by molar-refractivity contribution is 0.0750. The van der Waals surface area contributed by atoms with Gasteiger partial charge in [0.25, 0.3) is 0 Å². The van der Waals surface area contributed by atoms with Crippen LogP contribution in [0.2, 0.25) is 0 Å². The van der Waals surface area contributed by atoms with Crippen molar-refractivity contribution < 1.29 is 4.74 Å². The van der Waals surface area contributed by atoms with E-state index in [1.54, 1.807) is 0 Å². The zero-order chi connectivity index (χ0) is 18.6. The zero-order valence-electron chi connectivity index (χ0n) is 15.6. The third-order valence-electron chi connectivity index (χ3n) is 5.52. The van der Waals surface area contributed by atoms with Gasteiger partial charge in [0.05, 0.1) is 25.4 Å². The summed E-state index contributed by atoms with van der Waals surface area (Å²) in [5.41, 5.74) is 4.95. The third kappa shape index (κ3) is 2.66. The van der Waals surface area contributed by atoms with Gasteiger partial charge in [-0.05, 0) is 23.8 Å². The number of rotatable bonds is 2. The molecule has 140 valence electrons. The first-order valence-corrected chi connectivity index (χ1v) is 12.0. The number of morpholine rings is 1. The molecule has 0 saturated carbocycles. The van der Waals surface area contributed by atoms with Gasteiger partial charge in [-0.1, -0.05) is 36.1 Å². The Labute approximate surface area is 165 Å². The average Bonchev–Trinajstić information content (AvgIpc) is 3.07. The number of benzene rings is 2. The number of amidine groups is 1. The molecule has 0 aliphatic carbocycles. The molecule has 1 saturated heterocycles. The second kappa shape index (κ2) is 6.42. The molecular formula is C20H23N4OPS. The van der Waals surface area contributed by atoms with Gasteiger partial charge in [0.2, 0.25) is 0 Å². The minimum Gasteiger partial charge on any atom is -0.379 e. The van der Waals surface area contributed by atoms with Crippen molar-refractivity contribution in [2.45, 2.75) is 6.54 Å². The van der Waals surface area contributed by atoms with Gasteiger partial charge in [0.1, 0.15) is 5.84 Å². The predicted molar refractivity (Wildman–Crippen MR) is 116 cm³/mol. The van der Waals surface area contributed by atoms with E-state index in [9.17, 15) is 0 Å². The first-order chi connectivity index (χ1) is 13.1. The number of hydrogen-bond donors (Lipinski definition) is 0. The lowest BCUT2D eigenvalue weighted by atomic mass is 10.1. The van der Waals surface area contributed by atoms with E-state index in [-0.39, 0.29) is 0 Å². The molecule has 7 heteroatoms. The predicted octanol–water partition coefficient (Wildman–Crippen LogP) is 2.80. The minimum absolute atomic E-state index is 0.731. The summed E-state index contributed by atoms with van der Waals surface area (Å²) in [7, 11) is 4.16. The van der Waals surface area contributed by atoms with Crippen LogP contribution >= 0.6 is 6.34 Å². The Morgan fingerprint density at radius 1 is 1.11 bits per heavy atom. The molecule has 0 radical (unpaired) electrons. The van der Waals surface area contributed by atoms with E-state index >= 15 is 0 Å². The van der Waals surface area contributed by atoms with E-state index in [4.69, 9.17) is 21.3 Å². The third-order valence-corrected chi connectivity index (χ3v) is 9.68. The van der Waals surface area contributed by atoms with Crippen LogP contribution in [0.15, 0.2) is 47.2 Å². The molecule has 2 aromatic rings. The summed E-state index contributed by atoms with van der Waals surface area (Å²) in [5, 5.41) is 1.21. The molecule has 0 spiro atoms. The van der Waals surface area contributed by atoms with Crippen molar-refractivity contribution in [1.29, 1.82) is 0 Å². The maximum absolute atomic E-state index is 6.34.